The second-order valence-corrected chi connectivity index (χ2v) is 5.68. The predicted molar refractivity (Wildman–Crippen MR) is 80.2 cm³/mol. The molecule has 22 heavy (non-hydrogen) atoms. The van der Waals surface area contributed by atoms with Gasteiger partial charge in [-0.2, -0.15) is 18.3 Å². The quantitative estimate of drug-likeness (QED) is 0.745. The van der Waals surface area contributed by atoms with Crippen LogP contribution in [0.5, 0.6) is 0 Å². The molecule has 0 saturated carbocycles. The first-order valence-corrected chi connectivity index (χ1v) is 7.07. The van der Waals surface area contributed by atoms with Crippen LogP contribution in [0.2, 0.25) is 0 Å². The van der Waals surface area contributed by atoms with Crippen LogP contribution in [0.25, 0.3) is 11.0 Å². The zero-order valence-electron chi connectivity index (χ0n) is 11.1. The zero-order chi connectivity index (χ0) is 15.9. The Bertz CT molecular complexity index is 842. The highest BCUT2D eigenvalue weighted by molar-refractivity contribution is 9.10. The third kappa shape index (κ3) is 2.78. The van der Waals surface area contributed by atoms with Gasteiger partial charge in [0.15, 0.2) is 5.82 Å². The average molecular weight is 371 g/mol. The SMILES string of the molecule is Nc1nn(Cc2cccc(C(F)(F)F)c2)c2cc(Br)cnc12. The molecule has 8 heteroatoms. The molecule has 0 radical (unpaired) electrons. The first-order valence-electron chi connectivity index (χ1n) is 6.28. The Hall–Kier alpha value is -2.09. The summed E-state index contributed by atoms with van der Waals surface area (Å²) >= 11 is 3.31. The molecule has 0 unspecified atom stereocenters. The van der Waals surface area contributed by atoms with Crippen LogP contribution in [-0.4, -0.2) is 14.8 Å². The van der Waals surface area contributed by atoms with Gasteiger partial charge >= 0.3 is 6.18 Å². The van der Waals surface area contributed by atoms with Gasteiger partial charge in [-0.25, -0.2) is 4.98 Å². The molecule has 2 N–H and O–H groups in total. The fourth-order valence-electron chi connectivity index (χ4n) is 2.19. The lowest BCUT2D eigenvalue weighted by atomic mass is 10.1. The molecular formula is C14H10BrF3N4. The van der Waals surface area contributed by atoms with E-state index in [0.717, 1.165) is 16.6 Å². The summed E-state index contributed by atoms with van der Waals surface area (Å²) in [6.45, 7) is 0.176. The van der Waals surface area contributed by atoms with Crippen LogP contribution in [0.1, 0.15) is 11.1 Å². The van der Waals surface area contributed by atoms with Crippen LogP contribution in [0.4, 0.5) is 19.0 Å². The van der Waals surface area contributed by atoms with Crippen LogP contribution in [0.3, 0.4) is 0 Å². The molecule has 3 aromatic rings. The fourth-order valence-corrected chi connectivity index (χ4v) is 2.51. The van der Waals surface area contributed by atoms with Crippen molar-refractivity contribution in [3.8, 4) is 0 Å². The highest BCUT2D eigenvalue weighted by Crippen LogP contribution is 2.30. The maximum Gasteiger partial charge on any atom is 0.416 e. The predicted octanol–water partition coefficient (Wildman–Crippen LogP) is 3.84. The number of anilines is 1. The van der Waals surface area contributed by atoms with Gasteiger partial charge in [-0.1, -0.05) is 12.1 Å². The molecule has 0 saturated heterocycles. The number of hydrogen-bond donors (Lipinski definition) is 1. The van der Waals surface area contributed by atoms with Gasteiger partial charge in [0.05, 0.1) is 17.6 Å². The lowest BCUT2D eigenvalue weighted by Crippen LogP contribution is -2.07. The Balaban J connectivity index is 2.02. The number of hydrogen-bond acceptors (Lipinski definition) is 3. The van der Waals surface area contributed by atoms with E-state index in [1.807, 2.05) is 0 Å². The maximum absolute atomic E-state index is 12.8. The van der Waals surface area contributed by atoms with Crippen molar-refractivity contribution in [1.82, 2.24) is 14.8 Å². The maximum atomic E-state index is 12.8. The molecule has 0 amide bonds. The Morgan fingerprint density at radius 2 is 2.00 bits per heavy atom. The number of rotatable bonds is 2. The highest BCUT2D eigenvalue weighted by Gasteiger charge is 2.30. The molecule has 2 aromatic heterocycles. The van der Waals surface area contributed by atoms with Crippen molar-refractivity contribution in [2.45, 2.75) is 12.7 Å². The van der Waals surface area contributed by atoms with Crippen LogP contribution in [-0.2, 0) is 12.7 Å². The molecule has 0 spiro atoms. The first kappa shape index (κ1) is 14.8. The van der Waals surface area contributed by atoms with E-state index in [0.29, 0.717) is 16.6 Å². The molecular weight excluding hydrogens is 361 g/mol. The van der Waals surface area contributed by atoms with E-state index in [-0.39, 0.29) is 12.4 Å². The number of aromatic nitrogens is 3. The minimum Gasteiger partial charge on any atom is -0.380 e. The zero-order valence-corrected chi connectivity index (χ0v) is 12.7. The number of halogens is 4. The molecule has 1 aromatic carbocycles. The molecule has 114 valence electrons. The summed E-state index contributed by atoms with van der Waals surface area (Å²) in [7, 11) is 0. The summed E-state index contributed by atoms with van der Waals surface area (Å²) < 4.78 is 40.6. The van der Waals surface area contributed by atoms with Gasteiger partial charge in [-0.15, -0.1) is 0 Å². The smallest absolute Gasteiger partial charge is 0.380 e. The van der Waals surface area contributed by atoms with Gasteiger partial charge in [0.25, 0.3) is 0 Å². The van der Waals surface area contributed by atoms with Gasteiger partial charge < -0.3 is 5.73 Å². The number of fused-ring (bicyclic) bond motifs is 1. The van der Waals surface area contributed by atoms with Gasteiger partial charge in [0.2, 0.25) is 0 Å². The lowest BCUT2D eigenvalue weighted by Gasteiger charge is -2.09. The molecule has 0 bridgehead atoms. The number of nitrogens with two attached hydrogens (primary N) is 1. The van der Waals surface area contributed by atoms with Crippen molar-refractivity contribution in [1.29, 1.82) is 0 Å². The summed E-state index contributed by atoms with van der Waals surface area (Å²) in [5.41, 5.74) is 6.77. The van der Waals surface area contributed by atoms with E-state index in [4.69, 9.17) is 5.73 Å². The van der Waals surface area contributed by atoms with Crippen molar-refractivity contribution in [2.24, 2.45) is 0 Å². The van der Waals surface area contributed by atoms with Crippen LogP contribution >= 0.6 is 15.9 Å². The molecule has 3 rings (SSSR count). The van der Waals surface area contributed by atoms with E-state index in [1.165, 1.54) is 10.7 Å². The van der Waals surface area contributed by atoms with Crippen molar-refractivity contribution < 1.29 is 13.2 Å². The number of nitrogen functional groups attached to an aromatic ring is 1. The van der Waals surface area contributed by atoms with Crippen molar-refractivity contribution in [2.75, 3.05) is 5.73 Å². The highest BCUT2D eigenvalue weighted by atomic mass is 79.9. The van der Waals surface area contributed by atoms with Gasteiger partial charge in [-0.05, 0) is 39.7 Å². The molecule has 0 aliphatic carbocycles. The molecule has 2 heterocycles. The van der Waals surface area contributed by atoms with E-state index in [1.54, 1.807) is 18.3 Å². The van der Waals surface area contributed by atoms with E-state index in [9.17, 15) is 13.2 Å². The summed E-state index contributed by atoms with van der Waals surface area (Å²) in [5, 5.41) is 4.15. The second kappa shape index (κ2) is 5.28. The van der Waals surface area contributed by atoms with Crippen molar-refractivity contribution in [3.05, 3.63) is 52.1 Å². The minimum absolute atomic E-state index is 0.176. The monoisotopic (exact) mass is 370 g/mol. The summed E-state index contributed by atoms with van der Waals surface area (Å²) in [6, 6.07) is 6.91. The number of alkyl halides is 3. The minimum atomic E-state index is -4.37. The molecule has 0 aliphatic rings. The topological polar surface area (TPSA) is 56.7 Å². The Morgan fingerprint density at radius 3 is 2.73 bits per heavy atom. The van der Waals surface area contributed by atoms with E-state index >= 15 is 0 Å². The van der Waals surface area contributed by atoms with Crippen molar-refractivity contribution in [3.63, 3.8) is 0 Å². The van der Waals surface area contributed by atoms with Gasteiger partial charge in [0.1, 0.15) is 5.52 Å². The Kier molecular flexibility index (Phi) is 3.56. The normalized spacial score (nSPS) is 12.0. The summed E-state index contributed by atoms with van der Waals surface area (Å²) in [5.74, 6) is 0.245. The second-order valence-electron chi connectivity index (χ2n) is 4.76. The number of pyridine rings is 1. The largest absolute Gasteiger partial charge is 0.416 e. The number of nitrogens with zero attached hydrogens (tertiary/aromatic N) is 3. The van der Waals surface area contributed by atoms with Gasteiger partial charge in [0, 0.05) is 10.7 Å². The Morgan fingerprint density at radius 1 is 1.23 bits per heavy atom. The van der Waals surface area contributed by atoms with Crippen LogP contribution in [0.15, 0.2) is 41.0 Å². The molecule has 0 aliphatic heterocycles. The fraction of sp³-hybridized carbons (Fsp3) is 0.143. The number of benzene rings is 1. The molecule has 0 fully saturated rings. The third-order valence-corrected chi connectivity index (χ3v) is 3.60. The average Bonchev–Trinajstić information content (AvgIpc) is 2.74. The van der Waals surface area contributed by atoms with E-state index in [2.05, 4.69) is 26.0 Å². The van der Waals surface area contributed by atoms with Crippen LogP contribution in [0, 0.1) is 0 Å². The molecule has 0 atom stereocenters. The van der Waals surface area contributed by atoms with Crippen LogP contribution < -0.4 is 5.73 Å². The lowest BCUT2D eigenvalue weighted by molar-refractivity contribution is -0.137. The standard InChI is InChI=1S/C14H10BrF3N4/c15-10-5-11-12(20-6-10)13(19)21-22(11)7-8-2-1-3-9(4-8)14(16,17)18/h1-6H,7H2,(H2,19,21). The summed E-state index contributed by atoms with van der Waals surface area (Å²) in [4.78, 5) is 4.16. The third-order valence-electron chi connectivity index (χ3n) is 3.17. The first-order chi connectivity index (χ1) is 10.3. The van der Waals surface area contributed by atoms with Gasteiger partial charge in [-0.3, -0.25) is 4.68 Å². The van der Waals surface area contributed by atoms with Crippen molar-refractivity contribution >= 4 is 32.8 Å². The molecule has 4 nitrogen and oxygen atoms in total. The van der Waals surface area contributed by atoms with E-state index < -0.39 is 11.7 Å². The summed E-state index contributed by atoms with van der Waals surface area (Å²) in [6.07, 6.45) is -2.78. The Labute approximate surface area is 131 Å².